The molecular weight excluding hydrogens is 276 g/mol. The maximum Gasteiger partial charge on any atom is 0.305 e. The first-order valence-corrected chi connectivity index (χ1v) is 8.53. The number of aryl methyl sites for hydroxylation is 1. The second kappa shape index (κ2) is 11.0. The van der Waals surface area contributed by atoms with E-state index in [4.69, 9.17) is 5.11 Å². The third-order valence-electron chi connectivity index (χ3n) is 3.85. The highest BCUT2D eigenvalue weighted by atomic mass is 16.4. The van der Waals surface area contributed by atoms with Crippen LogP contribution in [0.3, 0.4) is 0 Å². The van der Waals surface area contributed by atoms with E-state index in [2.05, 4.69) is 16.8 Å². The molecule has 0 radical (unpaired) electrons. The van der Waals surface area contributed by atoms with Crippen LogP contribution in [0.15, 0.2) is 18.3 Å². The molecule has 4 heteroatoms. The number of carboxylic acid groups (broad SMARTS) is 1. The zero-order valence-electron chi connectivity index (χ0n) is 14.1. The van der Waals surface area contributed by atoms with Crippen LogP contribution in [0.25, 0.3) is 0 Å². The van der Waals surface area contributed by atoms with Gasteiger partial charge >= 0.3 is 5.97 Å². The minimum atomic E-state index is -0.753. The lowest BCUT2D eigenvalue weighted by Gasteiger charge is -2.23. The summed E-state index contributed by atoms with van der Waals surface area (Å²) in [4.78, 5) is 17.3. The number of carbonyl (C=O) groups is 1. The zero-order chi connectivity index (χ0) is 16.2. The molecule has 1 N–H and O–H groups in total. The lowest BCUT2D eigenvalue weighted by Crippen LogP contribution is -2.28. The summed E-state index contributed by atoms with van der Waals surface area (Å²) in [5, 5.41) is 8.90. The van der Waals surface area contributed by atoms with Gasteiger partial charge in [-0.15, -0.1) is 0 Å². The Hall–Kier alpha value is -1.58. The van der Waals surface area contributed by atoms with Gasteiger partial charge in [-0.1, -0.05) is 51.5 Å². The number of carboxylic acids is 1. The van der Waals surface area contributed by atoms with Gasteiger partial charge in [0, 0.05) is 19.3 Å². The standard InChI is InChI=1S/C18H30N2O2/c1-3-4-5-6-7-8-9-13-20(14-12-18(21)22)17-11-10-16(2)15-19-17/h10-11,15H,3-9,12-14H2,1-2H3,(H,21,22). The van der Waals surface area contributed by atoms with Crippen LogP contribution in [0.4, 0.5) is 5.82 Å². The summed E-state index contributed by atoms with van der Waals surface area (Å²) in [6.07, 6.45) is 10.8. The zero-order valence-corrected chi connectivity index (χ0v) is 14.1. The minimum absolute atomic E-state index is 0.159. The Kier molecular flexibility index (Phi) is 9.28. The number of aliphatic carboxylic acids is 1. The Morgan fingerprint density at radius 2 is 1.77 bits per heavy atom. The monoisotopic (exact) mass is 306 g/mol. The van der Waals surface area contributed by atoms with Crippen LogP contribution in [-0.4, -0.2) is 29.1 Å². The second-order valence-corrected chi connectivity index (χ2v) is 5.95. The van der Waals surface area contributed by atoms with Gasteiger partial charge in [0.05, 0.1) is 6.42 Å². The molecule has 1 aromatic rings. The molecule has 0 atom stereocenters. The van der Waals surface area contributed by atoms with Gasteiger partial charge in [-0.2, -0.15) is 0 Å². The molecule has 0 bridgehead atoms. The average molecular weight is 306 g/mol. The van der Waals surface area contributed by atoms with Crippen molar-refractivity contribution < 1.29 is 9.90 Å². The molecule has 0 aromatic carbocycles. The lowest BCUT2D eigenvalue weighted by atomic mass is 10.1. The fourth-order valence-electron chi connectivity index (χ4n) is 2.48. The Balaban J connectivity index is 2.38. The number of hydrogen-bond donors (Lipinski definition) is 1. The van der Waals surface area contributed by atoms with Crippen LogP contribution < -0.4 is 4.90 Å². The average Bonchev–Trinajstić information content (AvgIpc) is 2.50. The van der Waals surface area contributed by atoms with Gasteiger partial charge in [0.1, 0.15) is 5.82 Å². The van der Waals surface area contributed by atoms with Crippen LogP contribution in [0.5, 0.6) is 0 Å². The topological polar surface area (TPSA) is 53.4 Å². The van der Waals surface area contributed by atoms with Gasteiger partial charge in [-0.3, -0.25) is 4.79 Å². The van der Waals surface area contributed by atoms with Gasteiger partial charge in [0.15, 0.2) is 0 Å². The van der Waals surface area contributed by atoms with Crippen LogP contribution >= 0.6 is 0 Å². The first kappa shape index (κ1) is 18.5. The molecule has 22 heavy (non-hydrogen) atoms. The quantitative estimate of drug-likeness (QED) is 0.581. The number of anilines is 1. The summed E-state index contributed by atoms with van der Waals surface area (Å²) >= 11 is 0. The summed E-state index contributed by atoms with van der Waals surface area (Å²) in [5.74, 6) is 0.134. The largest absolute Gasteiger partial charge is 0.481 e. The Labute approximate surface area is 134 Å². The highest BCUT2D eigenvalue weighted by molar-refractivity contribution is 5.67. The van der Waals surface area contributed by atoms with Crippen molar-refractivity contribution in [2.45, 2.75) is 65.2 Å². The van der Waals surface area contributed by atoms with Gasteiger partial charge in [0.25, 0.3) is 0 Å². The van der Waals surface area contributed by atoms with Gasteiger partial charge < -0.3 is 10.0 Å². The molecule has 0 saturated heterocycles. The van der Waals surface area contributed by atoms with Crippen LogP contribution in [0.1, 0.15) is 63.9 Å². The summed E-state index contributed by atoms with van der Waals surface area (Å²) in [6, 6.07) is 4.01. The van der Waals surface area contributed by atoms with E-state index in [-0.39, 0.29) is 6.42 Å². The SMILES string of the molecule is CCCCCCCCCN(CCC(=O)O)c1ccc(C)cn1. The van der Waals surface area contributed by atoms with Gasteiger partial charge in [-0.25, -0.2) is 4.98 Å². The molecule has 0 spiro atoms. The van der Waals surface area contributed by atoms with Gasteiger partial charge in [0.2, 0.25) is 0 Å². The Morgan fingerprint density at radius 1 is 1.09 bits per heavy atom. The smallest absolute Gasteiger partial charge is 0.305 e. The predicted molar refractivity (Wildman–Crippen MR) is 91.4 cm³/mol. The summed E-state index contributed by atoms with van der Waals surface area (Å²) in [6.45, 7) is 5.65. The van der Waals surface area contributed by atoms with Crippen molar-refractivity contribution in [3.05, 3.63) is 23.9 Å². The van der Waals surface area contributed by atoms with Crippen molar-refractivity contribution >= 4 is 11.8 Å². The molecule has 1 heterocycles. The Morgan fingerprint density at radius 3 is 2.36 bits per heavy atom. The molecular formula is C18H30N2O2. The summed E-state index contributed by atoms with van der Waals surface area (Å²) in [7, 11) is 0. The Bertz CT molecular complexity index is 418. The lowest BCUT2D eigenvalue weighted by molar-refractivity contribution is -0.136. The van der Waals surface area contributed by atoms with Crippen LogP contribution in [0, 0.1) is 6.92 Å². The molecule has 0 aliphatic carbocycles. The number of aromatic nitrogens is 1. The van der Waals surface area contributed by atoms with E-state index in [1.807, 2.05) is 25.3 Å². The maximum absolute atomic E-state index is 10.8. The molecule has 0 saturated carbocycles. The predicted octanol–water partition coefficient (Wildman–Crippen LogP) is 4.42. The first-order valence-electron chi connectivity index (χ1n) is 8.53. The van der Waals surface area contributed by atoms with E-state index < -0.39 is 5.97 Å². The number of hydrogen-bond acceptors (Lipinski definition) is 3. The number of unbranched alkanes of at least 4 members (excludes halogenated alkanes) is 6. The molecule has 124 valence electrons. The fraction of sp³-hybridized carbons (Fsp3) is 0.667. The van der Waals surface area contributed by atoms with E-state index in [9.17, 15) is 4.79 Å². The fourth-order valence-corrected chi connectivity index (χ4v) is 2.48. The number of nitrogens with zero attached hydrogens (tertiary/aromatic N) is 2. The molecule has 4 nitrogen and oxygen atoms in total. The van der Waals surface area contributed by atoms with Gasteiger partial charge in [-0.05, 0) is 25.0 Å². The molecule has 0 fully saturated rings. The van der Waals surface area contributed by atoms with E-state index in [0.717, 1.165) is 24.3 Å². The molecule has 1 rings (SSSR count). The van der Waals surface area contributed by atoms with Crippen molar-refractivity contribution in [3.8, 4) is 0 Å². The summed E-state index contributed by atoms with van der Waals surface area (Å²) < 4.78 is 0. The molecule has 1 aromatic heterocycles. The highest BCUT2D eigenvalue weighted by Gasteiger charge is 2.09. The molecule has 0 amide bonds. The van der Waals surface area contributed by atoms with Crippen molar-refractivity contribution in [3.63, 3.8) is 0 Å². The van der Waals surface area contributed by atoms with Crippen LogP contribution in [0.2, 0.25) is 0 Å². The van der Waals surface area contributed by atoms with Crippen molar-refractivity contribution in [2.75, 3.05) is 18.0 Å². The van der Waals surface area contributed by atoms with Crippen molar-refractivity contribution in [2.24, 2.45) is 0 Å². The van der Waals surface area contributed by atoms with E-state index in [1.54, 1.807) is 0 Å². The first-order chi connectivity index (χ1) is 10.6. The third kappa shape index (κ3) is 8.01. The van der Waals surface area contributed by atoms with Crippen molar-refractivity contribution in [1.82, 2.24) is 4.98 Å². The van der Waals surface area contributed by atoms with E-state index >= 15 is 0 Å². The number of rotatable bonds is 12. The normalized spacial score (nSPS) is 10.6. The summed E-state index contributed by atoms with van der Waals surface area (Å²) in [5.41, 5.74) is 1.12. The molecule has 0 unspecified atom stereocenters. The second-order valence-electron chi connectivity index (χ2n) is 5.95. The van der Waals surface area contributed by atoms with E-state index in [0.29, 0.717) is 6.54 Å². The van der Waals surface area contributed by atoms with Crippen LogP contribution in [-0.2, 0) is 4.79 Å². The van der Waals surface area contributed by atoms with Crippen molar-refractivity contribution in [1.29, 1.82) is 0 Å². The minimum Gasteiger partial charge on any atom is -0.481 e. The maximum atomic E-state index is 10.8. The highest BCUT2D eigenvalue weighted by Crippen LogP contribution is 2.14. The number of pyridine rings is 1. The van der Waals surface area contributed by atoms with E-state index in [1.165, 1.54) is 38.5 Å². The molecule has 0 aliphatic rings. The third-order valence-corrected chi connectivity index (χ3v) is 3.85. The molecule has 0 aliphatic heterocycles.